The number of benzene rings is 2. The Morgan fingerprint density at radius 3 is 2.67 bits per heavy atom. The Kier molecular flexibility index (Phi) is 4.74. The molecule has 0 radical (unpaired) electrons. The van der Waals surface area contributed by atoms with Crippen LogP contribution in [0.2, 0.25) is 0 Å². The predicted molar refractivity (Wildman–Crippen MR) is 79.6 cm³/mol. The van der Waals surface area contributed by atoms with Crippen LogP contribution >= 0.6 is 15.9 Å². The third-order valence-electron chi connectivity index (χ3n) is 2.58. The number of nitrogen functional groups attached to an aromatic ring is 1. The van der Waals surface area contributed by atoms with E-state index in [0.29, 0.717) is 15.8 Å². The minimum absolute atomic E-state index is 0.0730. The van der Waals surface area contributed by atoms with Gasteiger partial charge in [-0.05, 0) is 52.3 Å². The molecule has 7 heteroatoms. The van der Waals surface area contributed by atoms with Gasteiger partial charge in [-0.2, -0.15) is 8.78 Å². The Labute approximate surface area is 128 Å². The number of halogens is 3. The highest BCUT2D eigenvalue weighted by Crippen LogP contribution is 2.24. The Bertz CT molecular complexity index is 665. The fourth-order valence-corrected chi connectivity index (χ4v) is 2.00. The lowest BCUT2D eigenvalue weighted by molar-refractivity contribution is -0.0498. The summed E-state index contributed by atoms with van der Waals surface area (Å²) in [6, 6.07) is 10.5. The minimum atomic E-state index is -2.93. The topological polar surface area (TPSA) is 64.3 Å². The first-order valence-corrected chi connectivity index (χ1v) is 6.66. The summed E-state index contributed by atoms with van der Waals surface area (Å²) >= 11 is 3.25. The molecule has 3 N–H and O–H groups in total. The molecule has 0 unspecified atom stereocenters. The molecular weight excluding hydrogens is 346 g/mol. The smallest absolute Gasteiger partial charge is 0.387 e. The second kappa shape index (κ2) is 6.53. The first kappa shape index (κ1) is 15.2. The van der Waals surface area contributed by atoms with Crippen LogP contribution in [-0.4, -0.2) is 12.5 Å². The normalized spacial score (nSPS) is 10.5. The average Bonchev–Trinajstić information content (AvgIpc) is 2.42. The van der Waals surface area contributed by atoms with Crippen LogP contribution in [0.3, 0.4) is 0 Å². The molecule has 2 aromatic carbocycles. The molecule has 0 bridgehead atoms. The van der Waals surface area contributed by atoms with E-state index < -0.39 is 12.5 Å². The molecule has 0 spiro atoms. The SMILES string of the molecule is Nc1ccc(NC(=O)c2cccc(OC(F)F)c2)cc1Br. The van der Waals surface area contributed by atoms with E-state index >= 15 is 0 Å². The molecule has 0 atom stereocenters. The lowest BCUT2D eigenvalue weighted by atomic mass is 10.2. The van der Waals surface area contributed by atoms with Gasteiger partial charge in [-0.25, -0.2) is 0 Å². The molecule has 0 saturated carbocycles. The first-order valence-electron chi connectivity index (χ1n) is 5.87. The van der Waals surface area contributed by atoms with Crippen LogP contribution in [0.4, 0.5) is 20.2 Å². The van der Waals surface area contributed by atoms with Crippen LogP contribution in [0.5, 0.6) is 5.75 Å². The van der Waals surface area contributed by atoms with Crippen LogP contribution in [0.25, 0.3) is 0 Å². The molecule has 21 heavy (non-hydrogen) atoms. The highest BCUT2D eigenvalue weighted by atomic mass is 79.9. The van der Waals surface area contributed by atoms with E-state index in [0.717, 1.165) is 0 Å². The van der Waals surface area contributed by atoms with Gasteiger partial charge >= 0.3 is 6.61 Å². The molecule has 0 aliphatic heterocycles. The number of amides is 1. The number of hydrogen-bond acceptors (Lipinski definition) is 3. The quantitative estimate of drug-likeness (QED) is 0.817. The number of ether oxygens (including phenoxy) is 1. The van der Waals surface area contributed by atoms with Gasteiger partial charge in [-0.1, -0.05) is 6.07 Å². The van der Waals surface area contributed by atoms with E-state index in [4.69, 9.17) is 5.73 Å². The van der Waals surface area contributed by atoms with Crippen molar-refractivity contribution >= 4 is 33.2 Å². The molecule has 0 aromatic heterocycles. The number of nitrogens with one attached hydrogen (secondary N) is 1. The number of anilines is 2. The van der Waals surface area contributed by atoms with Gasteiger partial charge < -0.3 is 15.8 Å². The zero-order chi connectivity index (χ0) is 15.4. The second-order valence-corrected chi connectivity index (χ2v) is 4.95. The van der Waals surface area contributed by atoms with Gasteiger partial charge in [-0.3, -0.25) is 4.79 Å². The van der Waals surface area contributed by atoms with Crippen molar-refractivity contribution in [1.82, 2.24) is 0 Å². The highest BCUT2D eigenvalue weighted by molar-refractivity contribution is 9.10. The Hall–Kier alpha value is -2.15. The van der Waals surface area contributed by atoms with Gasteiger partial charge in [0.1, 0.15) is 5.75 Å². The molecule has 0 aliphatic rings. The Morgan fingerprint density at radius 2 is 2.00 bits per heavy atom. The number of carbonyl (C=O) groups is 1. The predicted octanol–water partition coefficient (Wildman–Crippen LogP) is 3.89. The van der Waals surface area contributed by atoms with Crippen molar-refractivity contribution in [2.75, 3.05) is 11.1 Å². The van der Waals surface area contributed by atoms with E-state index in [1.165, 1.54) is 24.3 Å². The summed E-state index contributed by atoms with van der Waals surface area (Å²) in [5.41, 5.74) is 6.93. The average molecular weight is 357 g/mol. The fraction of sp³-hybridized carbons (Fsp3) is 0.0714. The lowest BCUT2D eigenvalue weighted by Crippen LogP contribution is -2.12. The van der Waals surface area contributed by atoms with Crippen LogP contribution in [0.15, 0.2) is 46.9 Å². The minimum Gasteiger partial charge on any atom is -0.435 e. The van der Waals surface area contributed by atoms with Crippen LogP contribution in [-0.2, 0) is 0 Å². The maximum Gasteiger partial charge on any atom is 0.387 e. The highest BCUT2D eigenvalue weighted by Gasteiger charge is 2.10. The van der Waals surface area contributed by atoms with Crippen molar-refractivity contribution in [3.8, 4) is 5.75 Å². The van der Waals surface area contributed by atoms with Gasteiger partial charge in [0, 0.05) is 21.4 Å². The third-order valence-corrected chi connectivity index (χ3v) is 3.27. The van der Waals surface area contributed by atoms with Crippen molar-refractivity contribution in [3.05, 3.63) is 52.5 Å². The number of rotatable bonds is 4. The van der Waals surface area contributed by atoms with E-state index in [1.807, 2.05) is 0 Å². The van der Waals surface area contributed by atoms with E-state index in [1.54, 1.807) is 18.2 Å². The van der Waals surface area contributed by atoms with Crippen molar-refractivity contribution < 1.29 is 18.3 Å². The Morgan fingerprint density at radius 1 is 1.24 bits per heavy atom. The number of alkyl halides is 2. The molecule has 0 saturated heterocycles. The summed E-state index contributed by atoms with van der Waals surface area (Å²) in [7, 11) is 0. The van der Waals surface area contributed by atoms with Crippen LogP contribution < -0.4 is 15.8 Å². The molecule has 0 aliphatic carbocycles. The summed E-state index contributed by atoms with van der Waals surface area (Å²) in [5.74, 6) is -0.512. The standard InChI is InChI=1S/C14H11BrF2N2O2/c15-11-7-9(4-5-12(11)18)19-13(20)8-2-1-3-10(6-8)21-14(16)17/h1-7,14H,18H2,(H,19,20). The van der Waals surface area contributed by atoms with Gasteiger partial charge in [0.05, 0.1) is 0 Å². The molecule has 1 amide bonds. The maximum absolute atomic E-state index is 12.1. The molecule has 0 fully saturated rings. The summed E-state index contributed by atoms with van der Waals surface area (Å²) in [6.45, 7) is -2.93. The summed E-state index contributed by atoms with van der Waals surface area (Å²) in [6.07, 6.45) is 0. The number of hydrogen-bond donors (Lipinski definition) is 2. The summed E-state index contributed by atoms with van der Waals surface area (Å²) in [4.78, 5) is 12.0. The zero-order valence-corrected chi connectivity index (χ0v) is 12.2. The summed E-state index contributed by atoms with van der Waals surface area (Å²) < 4.78 is 29.2. The molecule has 110 valence electrons. The van der Waals surface area contributed by atoms with Crippen molar-refractivity contribution in [2.24, 2.45) is 0 Å². The fourth-order valence-electron chi connectivity index (χ4n) is 1.62. The van der Waals surface area contributed by atoms with Gasteiger partial charge in [0.15, 0.2) is 0 Å². The van der Waals surface area contributed by atoms with Crippen LogP contribution in [0.1, 0.15) is 10.4 Å². The van der Waals surface area contributed by atoms with E-state index in [9.17, 15) is 13.6 Å². The van der Waals surface area contributed by atoms with Gasteiger partial charge in [0.2, 0.25) is 0 Å². The Balaban J connectivity index is 2.14. The van der Waals surface area contributed by atoms with Crippen molar-refractivity contribution in [1.29, 1.82) is 0 Å². The van der Waals surface area contributed by atoms with Crippen molar-refractivity contribution in [3.63, 3.8) is 0 Å². The first-order chi connectivity index (χ1) is 9.95. The molecule has 2 rings (SSSR count). The summed E-state index contributed by atoms with van der Waals surface area (Å²) in [5, 5.41) is 2.64. The molecule has 0 heterocycles. The molecule has 4 nitrogen and oxygen atoms in total. The van der Waals surface area contributed by atoms with Crippen molar-refractivity contribution in [2.45, 2.75) is 6.61 Å². The van der Waals surface area contributed by atoms with Crippen LogP contribution in [0, 0.1) is 0 Å². The molecule has 2 aromatic rings. The van der Waals surface area contributed by atoms with E-state index in [2.05, 4.69) is 26.0 Å². The van der Waals surface area contributed by atoms with E-state index in [-0.39, 0.29) is 11.3 Å². The number of carbonyl (C=O) groups excluding carboxylic acids is 1. The molecular formula is C14H11BrF2N2O2. The number of nitrogens with two attached hydrogens (primary N) is 1. The maximum atomic E-state index is 12.1. The monoisotopic (exact) mass is 356 g/mol. The third kappa shape index (κ3) is 4.16. The zero-order valence-electron chi connectivity index (χ0n) is 10.6. The largest absolute Gasteiger partial charge is 0.435 e. The van der Waals surface area contributed by atoms with Gasteiger partial charge in [0.25, 0.3) is 5.91 Å². The van der Waals surface area contributed by atoms with Gasteiger partial charge in [-0.15, -0.1) is 0 Å². The second-order valence-electron chi connectivity index (χ2n) is 4.10. The lowest BCUT2D eigenvalue weighted by Gasteiger charge is -2.09.